The molecule has 1 fully saturated rings. The third-order valence-corrected chi connectivity index (χ3v) is 8.54. The maximum atomic E-state index is 12.1. The number of urea groups is 1. The fourth-order valence-electron chi connectivity index (χ4n) is 4.75. The molecule has 4 heterocycles. The van der Waals surface area contributed by atoms with Gasteiger partial charge in [0.05, 0.1) is 15.6 Å². The normalized spacial score (nSPS) is 15.2. The number of nitrogens with two attached hydrogens (primary N) is 1. The number of carbonyl (C=O) groups excluding carboxylic acids is 1. The summed E-state index contributed by atoms with van der Waals surface area (Å²) in [5.41, 5.74) is 6.49. The van der Waals surface area contributed by atoms with Crippen molar-refractivity contribution in [1.82, 2.24) is 24.9 Å². The predicted molar refractivity (Wildman–Crippen MR) is 157 cm³/mol. The van der Waals surface area contributed by atoms with E-state index in [1.165, 1.54) is 16.2 Å². The van der Waals surface area contributed by atoms with Crippen LogP contribution in [0.2, 0.25) is 0 Å². The molecule has 12 nitrogen and oxygen atoms in total. The molecule has 13 heteroatoms. The van der Waals surface area contributed by atoms with E-state index in [1.54, 1.807) is 39.4 Å². The lowest BCUT2D eigenvalue weighted by Gasteiger charge is -2.37. The lowest BCUT2D eigenvalue weighted by Crippen LogP contribution is -2.43. The first-order valence-corrected chi connectivity index (χ1v) is 14.1. The second kappa shape index (κ2) is 10.6. The Hall–Kier alpha value is -4.23. The van der Waals surface area contributed by atoms with Gasteiger partial charge in [0, 0.05) is 49.4 Å². The summed E-state index contributed by atoms with van der Waals surface area (Å²) >= 11 is 1.32. The van der Waals surface area contributed by atoms with Crippen LogP contribution in [-0.4, -0.2) is 66.8 Å². The molecule has 1 aliphatic rings. The molecule has 1 aliphatic heterocycles. The molecule has 214 valence electrons. The van der Waals surface area contributed by atoms with Gasteiger partial charge in [0.1, 0.15) is 11.4 Å². The van der Waals surface area contributed by atoms with Gasteiger partial charge < -0.3 is 20.8 Å². The number of carbonyl (C=O) groups is 2. The van der Waals surface area contributed by atoms with Gasteiger partial charge in [-0.25, -0.2) is 29.7 Å². The maximum Gasteiger partial charge on any atom is 0.321 e. The van der Waals surface area contributed by atoms with Crippen molar-refractivity contribution >= 4 is 44.5 Å². The number of aliphatic hydroxyl groups is 1. The van der Waals surface area contributed by atoms with Gasteiger partial charge in [-0.15, -0.1) is 0 Å². The van der Waals surface area contributed by atoms with Crippen LogP contribution in [0.15, 0.2) is 36.8 Å². The zero-order chi connectivity index (χ0) is 29.5. The van der Waals surface area contributed by atoms with Crippen LogP contribution in [0.5, 0.6) is 0 Å². The van der Waals surface area contributed by atoms with Crippen molar-refractivity contribution in [3.05, 3.63) is 42.6 Å². The Kier molecular flexibility index (Phi) is 7.34. The topological polar surface area (TPSA) is 172 Å². The number of amides is 2. The van der Waals surface area contributed by atoms with Crippen molar-refractivity contribution in [2.24, 2.45) is 11.1 Å². The van der Waals surface area contributed by atoms with Crippen LogP contribution in [-0.2, 0) is 10.4 Å². The van der Waals surface area contributed by atoms with E-state index < -0.39 is 23.0 Å². The third-order valence-electron chi connectivity index (χ3n) is 7.41. The van der Waals surface area contributed by atoms with Crippen molar-refractivity contribution in [3.63, 3.8) is 0 Å². The first-order chi connectivity index (χ1) is 19.4. The third kappa shape index (κ3) is 5.55. The van der Waals surface area contributed by atoms with Crippen LogP contribution in [0, 0.1) is 5.41 Å². The number of hydrogen-bond donors (Lipinski definition) is 3. The van der Waals surface area contributed by atoms with Gasteiger partial charge in [-0.2, -0.15) is 0 Å². The summed E-state index contributed by atoms with van der Waals surface area (Å²) in [7, 11) is 0. The number of aliphatic carboxylic acids is 1. The number of primary amides is 1. The van der Waals surface area contributed by atoms with Crippen molar-refractivity contribution in [3.8, 4) is 22.5 Å². The number of piperidine rings is 1. The second-order valence-electron chi connectivity index (χ2n) is 10.9. The molecule has 4 N–H and O–H groups in total. The molecule has 0 radical (unpaired) electrons. The Morgan fingerprint density at radius 3 is 2.39 bits per heavy atom. The van der Waals surface area contributed by atoms with Crippen LogP contribution in [0.1, 0.15) is 46.4 Å². The van der Waals surface area contributed by atoms with Crippen molar-refractivity contribution in [2.75, 3.05) is 29.4 Å². The largest absolute Gasteiger partial charge is 0.481 e. The molecule has 4 aromatic rings. The van der Waals surface area contributed by atoms with E-state index >= 15 is 0 Å². The summed E-state index contributed by atoms with van der Waals surface area (Å²) in [5.74, 6) is 0.690. The zero-order valence-electron chi connectivity index (χ0n) is 23.3. The van der Waals surface area contributed by atoms with E-state index in [9.17, 15) is 19.8 Å². The highest BCUT2D eigenvalue weighted by Gasteiger charge is 2.37. The number of aromatic nitrogens is 5. The molecule has 41 heavy (non-hydrogen) atoms. The number of anilines is 2. The monoisotopic (exact) mass is 576 g/mol. The van der Waals surface area contributed by atoms with Crippen molar-refractivity contribution in [1.29, 1.82) is 0 Å². The van der Waals surface area contributed by atoms with Gasteiger partial charge in [0.15, 0.2) is 16.8 Å². The Balaban J connectivity index is 1.60. The van der Waals surface area contributed by atoms with E-state index in [4.69, 9.17) is 15.7 Å². The number of nitrogens with zero attached hydrogens (tertiary/aromatic N) is 7. The fraction of sp³-hybridized carbons (Fsp3) is 0.393. The minimum Gasteiger partial charge on any atom is -0.481 e. The molecule has 0 aliphatic carbocycles. The minimum absolute atomic E-state index is 0.301. The molecule has 1 aromatic carbocycles. The minimum atomic E-state index is -1.18. The molecule has 0 atom stereocenters. The van der Waals surface area contributed by atoms with Crippen molar-refractivity contribution < 1.29 is 19.8 Å². The summed E-state index contributed by atoms with van der Waals surface area (Å²) in [5, 5.41) is 20.3. The van der Waals surface area contributed by atoms with Gasteiger partial charge in [-0.3, -0.25) is 9.69 Å². The molecule has 2 amide bonds. The first kappa shape index (κ1) is 28.3. The number of carboxylic acid groups (broad SMARTS) is 1. The average molecular weight is 577 g/mol. The smallest absolute Gasteiger partial charge is 0.321 e. The fourth-order valence-corrected chi connectivity index (χ4v) is 5.87. The van der Waals surface area contributed by atoms with E-state index in [2.05, 4.69) is 19.9 Å². The standard InChI is InChI=1S/C28H32N8O4S/c1-5-36(25(29)39)26-33-19-13-16(17-14-31-23(32-15-17)27(2,3)40)12-18(21(19)41-26)22-30-9-6-20(34-22)35-10-7-28(4,8-11-35)24(37)38/h6,9,12-15,40H,5,7-8,10-11H2,1-4H3,(H2,29,39)(H,37,38). The first-order valence-electron chi connectivity index (χ1n) is 13.3. The van der Waals surface area contributed by atoms with Crippen LogP contribution in [0.25, 0.3) is 32.7 Å². The van der Waals surface area contributed by atoms with Crippen LogP contribution >= 0.6 is 11.3 Å². The van der Waals surface area contributed by atoms with Gasteiger partial charge in [0.25, 0.3) is 0 Å². The molecule has 0 unspecified atom stereocenters. The van der Waals surface area contributed by atoms with Gasteiger partial charge >= 0.3 is 12.0 Å². The van der Waals surface area contributed by atoms with Gasteiger partial charge in [-0.1, -0.05) is 11.3 Å². The Morgan fingerprint density at radius 2 is 1.80 bits per heavy atom. The SMILES string of the molecule is CCN(C(N)=O)c1nc2cc(-c3cnc(C(C)(C)O)nc3)cc(-c3nccc(N4CCC(C)(C(=O)O)CC4)n3)c2s1. The van der Waals surface area contributed by atoms with E-state index in [0.717, 1.165) is 10.3 Å². The van der Waals surface area contributed by atoms with Crippen LogP contribution in [0.4, 0.5) is 15.7 Å². The number of benzene rings is 1. The zero-order valence-corrected chi connectivity index (χ0v) is 24.1. The van der Waals surface area contributed by atoms with Crippen LogP contribution in [0.3, 0.4) is 0 Å². The average Bonchev–Trinajstić information content (AvgIpc) is 3.36. The van der Waals surface area contributed by atoms with E-state index in [1.807, 2.05) is 25.1 Å². The summed E-state index contributed by atoms with van der Waals surface area (Å²) in [6, 6.07) is 5.04. The number of carboxylic acids is 1. The van der Waals surface area contributed by atoms with Crippen molar-refractivity contribution in [2.45, 2.75) is 46.1 Å². The summed E-state index contributed by atoms with van der Waals surface area (Å²) in [6.07, 6.45) is 6.00. The maximum absolute atomic E-state index is 12.1. The molecule has 3 aromatic heterocycles. The molecule has 1 saturated heterocycles. The lowest BCUT2D eigenvalue weighted by atomic mass is 9.80. The van der Waals surface area contributed by atoms with Gasteiger partial charge in [-0.05, 0) is 64.3 Å². The Labute approximate surface area is 240 Å². The number of thiazole rings is 1. The Morgan fingerprint density at radius 1 is 1.12 bits per heavy atom. The van der Waals surface area contributed by atoms with Gasteiger partial charge in [0.2, 0.25) is 0 Å². The summed E-state index contributed by atoms with van der Waals surface area (Å²) in [6.45, 7) is 8.34. The summed E-state index contributed by atoms with van der Waals surface area (Å²) in [4.78, 5) is 50.1. The van der Waals surface area contributed by atoms with E-state index in [-0.39, 0.29) is 0 Å². The second-order valence-corrected chi connectivity index (χ2v) is 11.9. The lowest BCUT2D eigenvalue weighted by molar-refractivity contribution is -0.149. The highest BCUT2D eigenvalue weighted by Crippen LogP contribution is 2.39. The molecular weight excluding hydrogens is 544 g/mol. The summed E-state index contributed by atoms with van der Waals surface area (Å²) < 4.78 is 0.784. The molecule has 0 saturated carbocycles. The Bertz CT molecular complexity index is 1610. The number of hydrogen-bond acceptors (Lipinski definition) is 10. The number of rotatable bonds is 7. The number of fused-ring (bicyclic) bond motifs is 1. The molecular formula is C28H32N8O4S. The highest BCUT2D eigenvalue weighted by molar-refractivity contribution is 7.23. The van der Waals surface area contributed by atoms with Crippen LogP contribution < -0.4 is 15.5 Å². The highest BCUT2D eigenvalue weighted by atomic mass is 32.1. The quantitative estimate of drug-likeness (QED) is 0.292. The molecule has 0 bridgehead atoms. The molecule has 0 spiro atoms. The van der Waals surface area contributed by atoms with E-state index in [0.29, 0.717) is 71.7 Å². The predicted octanol–water partition coefficient (Wildman–Crippen LogP) is 4.03. The molecule has 5 rings (SSSR count).